The van der Waals surface area contributed by atoms with E-state index < -0.39 is 0 Å². The van der Waals surface area contributed by atoms with Crippen LogP contribution < -0.4 is 0 Å². The van der Waals surface area contributed by atoms with E-state index in [1.54, 1.807) is 43.1 Å². The number of thiophene rings is 10. The number of hydrogen-bond donors (Lipinski definition) is 0. The van der Waals surface area contributed by atoms with Gasteiger partial charge in [0.05, 0.1) is 4.88 Å². The van der Waals surface area contributed by atoms with Crippen molar-refractivity contribution in [3.05, 3.63) is 235 Å². The van der Waals surface area contributed by atoms with E-state index >= 15 is 0 Å². The first-order valence-electron chi connectivity index (χ1n) is 52.3. The van der Waals surface area contributed by atoms with Gasteiger partial charge in [-0.1, -0.05) is 314 Å². The minimum atomic E-state index is 0. The quantitative estimate of drug-likeness (QED) is 0.0263. The molecule has 0 unspecified atom stereocenters. The maximum absolute atomic E-state index is 5.38. The van der Waals surface area contributed by atoms with Crippen LogP contribution in [0.1, 0.15) is 366 Å². The highest BCUT2D eigenvalue weighted by molar-refractivity contribution is 7.31. The first-order valence-corrected chi connectivity index (χ1v) is 60.4. The molecule has 10 heterocycles. The number of unbranched alkanes of at least 4 members (excludes halogenated alkanes) is 27. The number of terminal acetylenes is 1. The van der Waals surface area contributed by atoms with Gasteiger partial charge in [0.1, 0.15) is 0 Å². The molecule has 136 heavy (non-hydrogen) atoms. The Kier molecular flexibility index (Phi) is 38.8. The molecule has 16 rings (SSSR count). The number of hydrogen-bond acceptors (Lipinski definition) is 10. The Balaban J connectivity index is 0.000000314. The molecular weight excluding hydrogens is 1830 g/mol. The van der Waals surface area contributed by atoms with Crippen LogP contribution in [0.5, 0.6) is 0 Å². The van der Waals surface area contributed by atoms with Crippen molar-refractivity contribution in [2.45, 2.75) is 350 Å². The van der Waals surface area contributed by atoms with E-state index in [1.807, 2.05) is 102 Å². The second-order valence-electron chi connectivity index (χ2n) is 38.6. The Morgan fingerprint density at radius 3 is 0.897 bits per heavy atom. The fourth-order valence-corrected chi connectivity index (χ4v) is 32.3. The Labute approximate surface area is 868 Å². The topological polar surface area (TPSA) is 0 Å². The molecule has 0 bridgehead atoms. The van der Waals surface area contributed by atoms with Crippen LogP contribution in [0, 0.1) is 75.6 Å². The van der Waals surface area contributed by atoms with Crippen LogP contribution >= 0.6 is 113 Å². The zero-order chi connectivity index (χ0) is 94.6. The molecule has 0 nitrogen and oxygen atoms in total. The standard InChI is InChI=1S/C71H74S6.C55H70S4.6H2/c1-7-11-15-19-23-27-31-57-58(32-28-24-20-16-12-8-2)70(77-69(57)67-45-43-64(75-67)63-40-34-52(6)73-63)68-46-44-66(76-68)65-42-41-62(74-65)54-36-38-56-55-37-35-53(61-39-33-51(5)72-61)49-59(55)71(60(56)50-54,47-29-25-21-17-13-9-3)48-30-26-22-18-14-10-4;1-7-11-15-19-23-44-45(24-20-16-12-8-2)54(59-53(44)51-30-26-40(6)56-51)52-34-33-50(58-52)49-32-31-48(57-49)41-27-29-43-42-28-25-39(5)37-46(42)55(47(43)38-41,35-21-17-13-9-3)36-22-18-14-10-4;;;;;;/h1,33-46,49-50H,8-10,12-14,16-18,20-22,24-26,28-30,32,47-48H2,2-6H3;25-34,37-38H,7-24,35-36H2,1-6H3;6*1H. The summed E-state index contributed by atoms with van der Waals surface area (Å²) in [5.41, 5.74) is 23.7. The first kappa shape index (κ1) is 103. The molecule has 10 heteroatoms. The highest BCUT2D eigenvalue weighted by Crippen LogP contribution is 2.60. The summed E-state index contributed by atoms with van der Waals surface area (Å²) in [6.45, 7) is 25.3. The van der Waals surface area contributed by atoms with Gasteiger partial charge in [0.25, 0.3) is 0 Å². The summed E-state index contributed by atoms with van der Waals surface area (Å²) in [6, 6.07) is 67.5. The van der Waals surface area contributed by atoms with Crippen LogP contribution in [0.4, 0.5) is 0 Å². The Hall–Kier alpha value is -7.88. The maximum atomic E-state index is 5.38. The maximum Gasteiger partial charge on any atom is 0.0609 e. The number of benzene rings is 4. The number of rotatable bonds is 51. The molecule has 0 atom stereocenters. The van der Waals surface area contributed by atoms with Crippen LogP contribution in [-0.4, -0.2) is 0 Å². The summed E-state index contributed by atoms with van der Waals surface area (Å²) in [4.78, 5) is 27.5. The van der Waals surface area contributed by atoms with Crippen LogP contribution in [0.15, 0.2) is 170 Å². The highest BCUT2D eigenvalue weighted by Gasteiger charge is 2.45. The summed E-state index contributed by atoms with van der Waals surface area (Å²) in [5.74, 6) is 20.3. The molecule has 4 aromatic carbocycles. The molecule has 0 radical (unpaired) electrons. The van der Waals surface area contributed by atoms with Crippen molar-refractivity contribution in [1.82, 2.24) is 0 Å². The SMILES string of the molecule is C#CC#CC#CC#Cc1c(-c2ccc(-c3ccc(C)s3)s2)sc(-c2ccc(-c3ccc(-c4ccc5c(c4)C(CCCCCCCC)(CCCCCCCC)c4cc(-c6ccc(C)s6)ccc4-5)s3)s2)c1CCCCCCCC.CCCCCCc1c(-c2ccc(C)s2)sc(-c2ccc(-c3ccc(-c4ccc5c(c4)C(CCCCCC)(CCCCCC)c4cc(C)ccc4-5)s3)s2)c1CCCCCC.[HH].[HH].[HH].[HH].[HH].[HH]. The fraction of sp³-hybridized carbons (Fsp3) is 0.429. The van der Waals surface area contributed by atoms with Gasteiger partial charge in [0, 0.05) is 118 Å². The molecule has 0 aliphatic heterocycles. The van der Waals surface area contributed by atoms with Crippen molar-refractivity contribution >= 4 is 113 Å². The average Bonchev–Trinajstić information content (AvgIpc) is 1.56. The van der Waals surface area contributed by atoms with E-state index in [2.05, 4.69) is 299 Å². The average molecular weight is 1990 g/mol. The van der Waals surface area contributed by atoms with Crippen molar-refractivity contribution in [2.24, 2.45) is 0 Å². The molecule has 0 spiro atoms. The summed E-state index contributed by atoms with van der Waals surface area (Å²) >= 11 is 19.5. The molecule has 0 saturated heterocycles. The van der Waals surface area contributed by atoms with E-state index in [9.17, 15) is 0 Å². The van der Waals surface area contributed by atoms with Crippen molar-refractivity contribution in [2.75, 3.05) is 0 Å². The van der Waals surface area contributed by atoms with Gasteiger partial charge in [-0.15, -0.1) is 120 Å². The van der Waals surface area contributed by atoms with Crippen LogP contribution in [0.3, 0.4) is 0 Å². The third kappa shape index (κ3) is 25.2. The molecule has 0 saturated carbocycles. The van der Waals surface area contributed by atoms with Gasteiger partial charge in [-0.3, -0.25) is 0 Å². The normalized spacial score (nSPS) is 12.5. The summed E-state index contributed by atoms with van der Waals surface area (Å²) < 4.78 is 0. The van der Waals surface area contributed by atoms with Crippen molar-refractivity contribution in [3.63, 3.8) is 0 Å². The fourth-order valence-electron chi connectivity index (χ4n) is 21.2. The van der Waals surface area contributed by atoms with Gasteiger partial charge < -0.3 is 0 Å². The van der Waals surface area contributed by atoms with E-state index in [0.29, 0.717) is 0 Å². The molecular formula is C126H156S10. The van der Waals surface area contributed by atoms with Gasteiger partial charge in [0.2, 0.25) is 0 Å². The first-order chi connectivity index (χ1) is 66.7. The molecule has 720 valence electrons. The van der Waals surface area contributed by atoms with Gasteiger partial charge in [-0.05, 0) is 321 Å². The van der Waals surface area contributed by atoms with E-state index in [-0.39, 0.29) is 19.4 Å². The zero-order valence-corrected chi connectivity index (χ0v) is 91.5. The van der Waals surface area contributed by atoms with E-state index in [0.717, 1.165) is 18.4 Å². The molecule has 0 fully saturated rings. The predicted octanol–water partition coefficient (Wildman–Crippen LogP) is 44.5. The third-order valence-electron chi connectivity index (χ3n) is 28.4. The lowest BCUT2D eigenvalue weighted by atomic mass is 9.70. The Morgan fingerprint density at radius 1 is 0.235 bits per heavy atom. The van der Waals surface area contributed by atoms with Gasteiger partial charge in [-0.25, -0.2) is 0 Å². The number of fused-ring (bicyclic) bond motifs is 6. The minimum Gasteiger partial charge on any atom is -0.141 e. The summed E-state index contributed by atoms with van der Waals surface area (Å²) in [6.07, 6.45) is 58.1. The number of aryl methyl sites for hydroxylation is 4. The second kappa shape index (κ2) is 51.5. The molecule has 0 amide bonds. The van der Waals surface area contributed by atoms with Gasteiger partial charge in [0.15, 0.2) is 0 Å². The lowest BCUT2D eigenvalue weighted by molar-refractivity contribution is 0.398. The molecule has 2 aliphatic carbocycles. The van der Waals surface area contributed by atoms with Crippen molar-refractivity contribution in [1.29, 1.82) is 0 Å². The molecule has 10 aromatic heterocycles. The van der Waals surface area contributed by atoms with Gasteiger partial charge >= 0.3 is 0 Å². The molecule has 0 N–H and O–H groups in total. The Morgan fingerprint density at radius 2 is 0.500 bits per heavy atom. The predicted molar refractivity (Wildman–Crippen MR) is 628 cm³/mol. The summed E-state index contributed by atoms with van der Waals surface area (Å²) in [5, 5.41) is 0. The smallest absolute Gasteiger partial charge is 0.0609 e. The van der Waals surface area contributed by atoms with E-state index in [1.165, 1.54) is 388 Å². The monoisotopic (exact) mass is 1990 g/mol. The largest absolute Gasteiger partial charge is 0.141 e. The lowest BCUT2D eigenvalue weighted by Gasteiger charge is -2.33. The van der Waals surface area contributed by atoms with Crippen LogP contribution in [0.25, 0.3) is 122 Å². The molecule has 2 aliphatic rings. The molecule has 14 aromatic rings. The van der Waals surface area contributed by atoms with Crippen LogP contribution in [0.2, 0.25) is 0 Å². The van der Waals surface area contributed by atoms with Crippen molar-refractivity contribution in [3.8, 4) is 170 Å². The Bertz CT molecular complexity index is 6460. The van der Waals surface area contributed by atoms with Crippen molar-refractivity contribution < 1.29 is 8.56 Å². The van der Waals surface area contributed by atoms with E-state index in [4.69, 9.17) is 6.42 Å². The van der Waals surface area contributed by atoms with Gasteiger partial charge in [-0.2, -0.15) is 0 Å². The second-order valence-corrected chi connectivity index (χ2v) is 49.9. The lowest BCUT2D eigenvalue weighted by Crippen LogP contribution is -2.25. The minimum absolute atomic E-state index is 0. The summed E-state index contributed by atoms with van der Waals surface area (Å²) in [7, 11) is 0. The third-order valence-corrected chi connectivity index (χ3v) is 40.8. The van der Waals surface area contributed by atoms with Crippen LogP contribution in [-0.2, 0) is 30.1 Å². The zero-order valence-electron chi connectivity index (χ0n) is 83.3. The highest BCUT2D eigenvalue weighted by atomic mass is 32.1.